The maximum absolute atomic E-state index is 12.5. The van der Waals surface area contributed by atoms with Crippen LogP contribution in [0.2, 0.25) is 5.02 Å². The molecule has 0 radical (unpaired) electrons. The molecule has 0 aliphatic carbocycles. The lowest BCUT2D eigenvalue weighted by Gasteiger charge is -2.27. The van der Waals surface area contributed by atoms with Crippen LogP contribution in [0.1, 0.15) is 16.8 Å². The largest absolute Gasteiger partial charge is 0.306 e. The highest BCUT2D eigenvalue weighted by Gasteiger charge is 2.21. The van der Waals surface area contributed by atoms with Gasteiger partial charge in [0, 0.05) is 48.4 Å². The van der Waals surface area contributed by atoms with Crippen LogP contribution in [0.15, 0.2) is 41.5 Å². The molecule has 0 saturated heterocycles. The number of hydrogen-bond donors (Lipinski definition) is 2. The molecule has 0 saturated carbocycles. The van der Waals surface area contributed by atoms with E-state index in [9.17, 15) is 4.79 Å². The molecule has 0 bridgehead atoms. The second-order valence-corrected chi connectivity index (χ2v) is 6.35. The molecule has 0 fully saturated rings. The number of nitrogens with zero attached hydrogens (tertiary/aromatic N) is 3. The van der Waals surface area contributed by atoms with Crippen molar-refractivity contribution in [3.63, 3.8) is 0 Å². The maximum atomic E-state index is 12.5. The van der Waals surface area contributed by atoms with Crippen LogP contribution in [0.5, 0.6) is 0 Å². The van der Waals surface area contributed by atoms with Crippen molar-refractivity contribution in [3.8, 4) is 11.4 Å². The minimum Gasteiger partial charge on any atom is -0.306 e. The first-order valence-corrected chi connectivity index (χ1v) is 8.15. The molecule has 1 aliphatic heterocycles. The van der Waals surface area contributed by atoms with E-state index in [-0.39, 0.29) is 5.56 Å². The van der Waals surface area contributed by atoms with E-state index in [2.05, 4.69) is 25.1 Å². The van der Waals surface area contributed by atoms with Gasteiger partial charge in [-0.3, -0.25) is 14.8 Å². The van der Waals surface area contributed by atoms with Crippen molar-refractivity contribution >= 4 is 11.6 Å². The van der Waals surface area contributed by atoms with Crippen molar-refractivity contribution in [2.24, 2.45) is 0 Å². The SMILES string of the molecule is O=c1[nH]c(-c2ccc(Cl)cc2)nc2c1CN(Cc1cn[nH]c1)CC2. The number of H-pyrrole nitrogens is 2. The molecule has 7 heteroatoms. The smallest absolute Gasteiger partial charge is 0.255 e. The lowest BCUT2D eigenvalue weighted by molar-refractivity contribution is 0.242. The van der Waals surface area contributed by atoms with Gasteiger partial charge in [-0.15, -0.1) is 0 Å². The predicted molar refractivity (Wildman–Crippen MR) is 91.7 cm³/mol. The van der Waals surface area contributed by atoms with E-state index in [4.69, 9.17) is 11.6 Å². The summed E-state index contributed by atoms with van der Waals surface area (Å²) in [5.41, 5.74) is 3.54. The Balaban J connectivity index is 1.61. The topological polar surface area (TPSA) is 77.7 Å². The third-order valence-corrected chi connectivity index (χ3v) is 4.48. The monoisotopic (exact) mass is 341 g/mol. The van der Waals surface area contributed by atoms with Crippen molar-refractivity contribution in [2.75, 3.05) is 6.54 Å². The van der Waals surface area contributed by atoms with Gasteiger partial charge in [-0.2, -0.15) is 5.10 Å². The molecule has 3 aromatic rings. The lowest BCUT2D eigenvalue weighted by atomic mass is 10.1. The van der Waals surface area contributed by atoms with Crippen LogP contribution in [-0.4, -0.2) is 31.6 Å². The number of aromatic nitrogens is 4. The third kappa shape index (κ3) is 2.98. The van der Waals surface area contributed by atoms with Crippen LogP contribution in [0, 0.1) is 0 Å². The number of aromatic amines is 2. The van der Waals surface area contributed by atoms with Crippen molar-refractivity contribution < 1.29 is 0 Å². The van der Waals surface area contributed by atoms with Crippen LogP contribution in [0.25, 0.3) is 11.4 Å². The fourth-order valence-corrected chi connectivity index (χ4v) is 3.11. The minimum absolute atomic E-state index is 0.0677. The molecule has 6 nitrogen and oxygen atoms in total. The zero-order valence-electron chi connectivity index (χ0n) is 12.9. The Hall–Kier alpha value is -2.44. The first-order chi connectivity index (χ1) is 11.7. The van der Waals surface area contributed by atoms with Gasteiger partial charge in [0.15, 0.2) is 0 Å². The summed E-state index contributed by atoms with van der Waals surface area (Å²) in [7, 11) is 0. The van der Waals surface area contributed by atoms with E-state index in [1.54, 1.807) is 12.1 Å². The Kier molecular flexibility index (Phi) is 3.92. The first kappa shape index (κ1) is 15.1. The highest BCUT2D eigenvalue weighted by Crippen LogP contribution is 2.21. The molecule has 24 heavy (non-hydrogen) atoms. The molecule has 0 spiro atoms. The number of halogens is 1. The molecule has 122 valence electrons. The Labute approximate surface area is 143 Å². The second kappa shape index (κ2) is 6.22. The van der Waals surface area contributed by atoms with Crippen LogP contribution in [0.4, 0.5) is 0 Å². The number of rotatable bonds is 3. The Morgan fingerprint density at radius 1 is 1.25 bits per heavy atom. The van der Waals surface area contributed by atoms with Gasteiger partial charge < -0.3 is 4.98 Å². The van der Waals surface area contributed by atoms with Crippen LogP contribution in [0.3, 0.4) is 0 Å². The summed E-state index contributed by atoms with van der Waals surface area (Å²) in [6, 6.07) is 7.31. The van der Waals surface area contributed by atoms with Crippen LogP contribution < -0.4 is 5.56 Å². The van der Waals surface area contributed by atoms with Gasteiger partial charge in [-0.05, 0) is 24.3 Å². The summed E-state index contributed by atoms with van der Waals surface area (Å²) in [4.78, 5) is 22.3. The number of benzene rings is 1. The number of fused-ring (bicyclic) bond motifs is 1. The molecular weight excluding hydrogens is 326 g/mol. The van der Waals surface area contributed by atoms with Gasteiger partial charge in [0.2, 0.25) is 0 Å². The first-order valence-electron chi connectivity index (χ1n) is 7.77. The maximum Gasteiger partial charge on any atom is 0.255 e. The predicted octanol–water partition coefficient (Wildman–Crippen LogP) is 2.37. The van der Waals surface area contributed by atoms with Gasteiger partial charge in [-0.1, -0.05) is 11.6 Å². The van der Waals surface area contributed by atoms with E-state index in [0.29, 0.717) is 17.4 Å². The van der Waals surface area contributed by atoms with Crippen molar-refractivity contribution in [3.05, 3.63) is 68.9 Å². The molecule has 0 atom stereocenters. The van der Waals surface area contributed by atoms with E-state index < -0.39 is 0 Å². The van der Waals surface area contributed by atoms with Gasteiger partial charge in [0.05, 0.1) is 17.5 Å². The zero-order chi connectivity index (χ0) is 16.5. The van der Waals surface area contributed by atoms with Crippen LogP contribution in [-0.2, 0) is 19.5 Å². The lowest BCUT2D eigenvalue weighted by Crippen LogP contribution is -2.35. The Bertz CT molecular complexity index is 902. The molecule has 4 rings (SSSR count). The molecule has 2 N–H and O–H groups in total. The molecular formula is C17H16ClN5O. The van der Waals surface area contributed by atoms with E-state index in [0.717, 1.165) is 41.9 Å². The number of nitrogens with one attached hydrogen (secondary N) is 2. The van der Waals surface area contributed by atoms with Gasteiger partial charge >= 0.3 is 0 Å². The van der Waals surface area contributed by atoms with Gasteiger partial charge in [0.25, 0.3) is 5.56 Å². The minimum atomic E-state index is -0.0677. The van der Waals surface area contributed by atoms with E-state index in [1.807, 2.05) is 24.5 Å². The molecule has 0 amide bonds. The molecule has 0 unspecified atom stereocenters. The van der Waals surface area contributed by atoms with Crippen molar-refractivity contribution in [1.29, 1.82) is 0 Å². The summed E-state index contributed by atoms with van der Waals surface area (Å²) < 4.78 is 0. The molecule has 1 aromatic carbocycles. The fourth-order valence-electron chi connectivity index (χ4n) is 2.98. The Morgan fingerprint density at radius 2 is 2.08 bits per heavy atom. The zero-order valence-corrected chi connectivity index (χ0v) is 13.7. The van der Waals surface area contributed by atoms with Gasteiger partial charge in [0.1, 0.15) is 5.82 Å². The Morgan fingerprint density at radius 3 is 2.83 bits per heavy atom. The van der Waals surface area contributed by atoms with E-state index >= 15 is 0 Å². The summed E-state index contributed by atoms with van der Waals surface area (Å²) in [6.07, 6.45) is 4.45. The summed E-state index contributed by atoms with van der Waals surface area (Å²) in [5.74, 6) is 0.596. The van der Waals surface area contributed by atoms with E-state index in [1.165, 1.54) is 0 Å². The highest BCUT2D eigenvalue weighted by molar-refractivity contribution is 6.30. The molecule has 1 aliphatic rings. The molecule has 3 heterocycles. The summed E-state index contributed by atoms with van der Waals surface area (Å²) in [5, 5.41) is 7.43. The van der Waals surface area contributed by atoms with Gasteiger partial charge in [-0.25, -0.2) is 4.98 Å². The van der Waals surface area contributed by atoms with Crippen molar-refractivity contribution in [2.45, 2.75) is 19.5 Å². The average Bonchev–Trinajstić information content (AvgIpc) is 3.09. The summed E-state index contributed by atoms with van der Waals surface area (Å²) >= 11 is 5.92. The number of hydrogen-bond acceptors (Lipinski definition) is 4. The third-order valence-electron chi connectivity index (χ3n) is 4.23. The molecule has 2 aromatic heterocycles. The highest BCUT2D eigenvalue weighted by atomic mass is 35.5. The summed E-state index contributed by atoms with van der Waals surface area (Å²) in [6.45, 7) is 2.24. The normalized spacial score (nSPS) is 14.5. The quantitative estimate of drug-likeness (QED) is 0.766. The van der Waals surface area contributed by atoms with Crippen molar-refractivity contribution in [1.82, 2.24) is 25.1 Å². The second-order valence-electron chi connectivity index (χ2n) is 5.91. The fraction of sp³-hybridized carbons (Fsp3) is 0.235. The average molecular weight is 342 g/mol. The van der Waals surface area contributed by atoms with Crippen LogP contribution >= 0.6 is 11.6 Å². The standard InChI is InChI=1S/C17H16ClN5O/c18-13-3-1-12(2-4-13)16-21-15-5-6-23(9-11-7-19-20-8-11)10-14(15)17(24)22-16/h1-4,7-8H,5-6,9-10H2,(H,19,20)(H,21,22,24).